The number of carbonyl (C=O) groups is 1. The summed E-state index contributed by atoms with van der Waals surface area (Å²) in [5, 5.41) is 9.13. The number of aliphatic hydroxyl groups excluding tert-OH is 1. The van der Waals surface area contributed by atoms with Crippen LogP contribution in [0.4, 0.5) is 0 Å². The number of aliphatic hydroxyl groups is 1. The van der Waals surface area contributed by atoms with E-state index in [1.54, 1.807) is 19.9 Å². The summed E-state index contributed by atoms with van der Waals surface area (Å²) in [4.78, 5) is 11.2. The number of rotatable bonds is 6. The van der Waals surface area contributed by atoms with E-state index in [0.29, 0.717) is 6.42 Å². The summed E-state index contributed by atoms with van der Waals surface area (Å²) in [6, 6.07) is 0. The van der Waals surface area contributed by atoms with Gasteiger partial charge in [-0.2, -0.15) is 0 Å². The van der Waals surface area contributed by atoms with E-state index >= 15 is 0 Å². The molecule has 0 saturated carbocycles. The molecule has 1 N–H and O–H groups in total. The van der Waals surface area contributed by atoms with Gasteiger partial charge in [0.15, 0.2) is 0 Å². The quantitative estimate of drug-likeness (QED) is 0.525. The smallest absolute Gasteiger partial charge is 0.308 e. The summed E-state index contributed by atoms with van der Waals surface area (Å²) in [6.45, 7) is 9.27. The molecule has 14 heavy (non-hydrogen) atoms. The molecule has 1 atom stereocenters. The number of carbonyl (C=O) groups excluding carboxylic acids is 1. The topological polar surface area (TPSA) is 46.5 Å². The molecule has 0 aliphatic carbocycles. The molecule has 3 nitrogen and oxygen atoms in total. The second-order valence-electron chi connectivity index (χ2n) is 4.22. The van der Waals surface area contributed by atoms with Gasteiger partial charge in [0.1, 0.15) is 0 Å². The Kier molecular flexibility index (Phi) is 5.46. The minimum absolute atomic E-state index is 0.00953. The Bertz CT molecular complexity index is 199. The summed E-state index contributed by atoms with van der Waals surface area (Å²) >= 11 is 0. The minimum atomic E-state index is -0.397. The van der Waals surface area contributed by atoms with E-state index in [9.17, 15) is 4.79 Å². The highest BCUT2D eigenvalue weighted by molar-refractivity contribution is 5.71. The number of hydrogen-bond acceptors (Lipinski definition) is 3. The van der Waals surface area contributed by atoms with Gasteiger partial charge in [-0.3, -0.25) is 4.79 Å². The molecule has 0 aromatic carbocycles. The normalized spacial score (nSPS) is 14.9. The second kappa shape index (κ2) is 5.81. The van der Waals surface area contributed by atoms with Gasteiger partial charge in [0.2, 0.25) is 0 Å². The Morgan fingerprint density at radius 3 is 2.57 bits per heavy atom. The first-order chi connectivity index (χ1) is 6.45. The van der Waals surface area contributed by atoms with Gasteiger partial charge in [-0.05, 0) is 6.42 Å². The van der Waals surface area contributed by atoms with Gasteiger partial charge in [0, 0.05) is 5.41 Å². The zero-order valence-corrected chi connectivity index (χ0v) is 9.25. The fourth-order valence-corrected chi connectivity index (χ4v) is 0.930. The Hall–Kier alpha value is -0.830. The van der Waals surface area contributed by atoms with Gasteiger partial charge >= 0.3 is 5.97 Å². The first-order valence-electron chi connectivity index (χ1n) is 4.83. The van der Waals surface area contributed by atoms with Crippen LogP contribution in [0.3, 0.4) is 0 Å². The maximum Gasteiger partial charge on any atom is 0.308 e. The molecule has 0 radical (unpaired) electrons. The Labute approximate surface area is 85.8 Å². The van der Waals surface area contributed by atoms with E-state index in [4.69, 9.17) is 9.84 Å². The van der Waals surface area contributed by atoms with Crippen molar-refractivity contribution in [1.29, 1.82) is 0 Å². The first-order valence-corrected chi connectivity index (χ1v) is 4.83. The van der Waals surface area contributed by atoms with Crippen molar-refractivity contribution in [2.75, 3.05) is 13.2 Å². The lowest BCUT2D eigenvalue weighted by molar-refractivity contribution is -0.151. The Morgan fingerprint density at radius 1 is 1.64 bits per heavy atom. The van der Waals surface area contributed by atoms with Crippen LogP contribution in [0.1, 0.15) is 27.2 Å². The number of ether oxygens (including phenoxy) is 1. The zero-order chi connectivity index (χ0) is 11.2. The van der Waals surface area contributed by atoms with E-state index in [1.807, 2.05) is 6.92 Å². The summed E-state index contributed by atoms with van der Waals surface area (Å²) in [5.74, 6) is -0.351. The molecule has 0 unspecified atom stereocenters. The molecule has 0 heterocycles. The maximum absolute atomic E-state index is 11.2. The lowest BCUT2D eigenvalue weighted by Crippen LogP contribution is -2.29. The first kappa shape index (κ1) is 13.2. The standard InChI is InChI=1S/C11H20O3/c1-5-6-11(4,7-12)8-14-10(13)9(2)3/h5,9,12H,1,6-8H2,2-4H3/t11-/m0/s1. The van der Waals surface area contributed by atoms with Crippen molar-refractivity contribution in [2.24, 2.45) is 11.3 Å². The Balaban J connectivity index is 4.06. The van der Waals surface area contributed by atoms with Gasteiger partial charge in [-0.15, -0.1) is 6.58 Å². The van der Waals surface area contributed by atoms with E-state index in [1.165, 1.54) is 0 Å². The van der Waals surface area contributed by atoms with Crippen LogP contribution in [-0.4, -0.2) is 24.3 Å². The van der Waals surface area contributed by atoms with E-state index < -0.39 is 5.41 Å². The predicted octanol–water partition coefficient (Wildman–Crippen LogP) is 1.76. The van der Waals surface area contributed by atoms with Crippen LogP contribution in [0.5, 0.6) is 0 Å². The van der Waals surface area contributed by atoms with Gasteiger partial charge in [0.05, 0.1) is 19.1 Å². The maximum atomic E-state index is 11.2. The van der Waals surface area contributed by atoms with Gasteiger partial charge < -0.3 is 9.84 Å². The molecule has 0 amide bonds. The van der Waals surface area contributed by atoms with Crippen molar-refractivity contribution in [3.8, 4) is 0 Å². The van der Waals surface area contributed by atoms with Crippen LogP contribution in [-0.2, 0) is 9.53 Å². The SMILES string of the molecule is C=CC[C@@](C)(CO)COC(=O)C(C)C. The average molecular weight is 200 g/mol. The third kappa shape index (κ3) is 4.42. The predicted molar refractivity (Wildman–Crippen MR) is 55.8 cm³/mol. The molecule has 3 heteroatoms. The molecule has 0 spiro atoms. The molecule has 0 aromatic heterocycles. The monoisotopic (exact) mass is 200 g/mol. The zero-order valence-electron chi connectivity index (χ0n) is 9.25. The van der Waals surface area contributed by atoms with Crippen molar-refractivity contribution in [2.45, 2.75) is 27.2 Å². The molecule has 0 bridgehead atoms. The van der Waals surface area contributed by atoms with Crippen LogP contribution in [0.15, 0.2) is 12.7 Å². The van der Waals surface area contributed by atoms with Crippen molar-refractivity contribution >= 4 is 5.97 Å². The van der Waals surface area contributed by atoms with Gasteiger partial charge in [-0.1, -0.05) is 26.8 Å². The van der Waals surface area contributed by atoms with Crippen LogP contribution >= 0.6 is 0 Å². The molecule has 0 aliphatic heterocycles. The van der Waals surface area contributed by atoms with Crippen molar-refractivity contribution in [1.82, 2.24) is 0 Å². The molecular formula is C11H20O3. The second-order valence-corrected chi connectivity index (χ2v) is 4.22. The highest BCUT2D eigenvalue weighted by Crippen LogP contribution is 2.21. The largest absolute Gasteiger partial charge is 0.465 e. The highest BCUT2D eigenvalue weighted by atomic mass is 16.5. The van der Waals surface area contributed by atoms with E-state index in [2.05, 4.69) is 6.58 Å². The molecular weight excluding hydrogens is 180 g/mol. The Morgan fingerprint density at radius 2 is 2.21 bits per heavy atom. The lowest BCUT2D eigenvalue weighted by atomic mass is 9.89. The van der Waals surface area contributed by atoms with Gasteiger partial charge in [-0.25, -0.2) is 0 Å². The van der Waals surface area contributed by atoms with E-state index in [0.717, 1.165) is 0 Å². The van der Waals surface area contributed by atoms with E-state index in [-0.39, 0.29) is 25.1 Å². The summed E-state index contributed by atoms with van der Waals surface area (Å²) in [6.07, 6.45) is 2.36. The van der Waals surface area contributed by atoms with Crippen LogP contribution < -0.4 is 0 Å². The van der Waals surface area contributed by atoms with Crippen molar-refractivity contribution in [3.63, 3.8) is 0 Å². The average Bonchev–Trinajstić information content (AvgIpc) is 2.14. The molecule has 0 fully saturated rings. The van der Waals surface area contributed by atoms with Crippen LogP contribution in [0.2, 0.25) is 0 Å². The summed E-state index contributed by atoms with van der Waals surface area (Å²) in [7, 11) is 0. The van der Waals surface area contributed by atoms with Crippen LogP contribution in [0, 0.1) is 11.3 Å². The number of allylic oxidation sites excluding steroid dienone is 1. The third-order valence-electron chi connectivity index (χ3n) is 2.05. The fourth-order valence-electron chi connectivity index (χ4n) is 0.930. The fraction of sp³-hybridized carbons (Fsp3) is 0.727. The highest BCUT2D eigenvalue weighted by Gasteiger charge is 2.24. The minimum Gasteiger partial charge on any atom is -0.465 e. The van der Waals surface area contributed by atoms with Crippen LogP contribution in [0.25, 0.3) is 0 Å². The number of esters is 1. The molecule has 0 aromatic rings. The lowest BCUT2D eigenvalue weighted by Gasteiger charge is -2.25. The molecule has 0 rings (SSSR count). The van der Waals surface area contributed by atoms with Crippen molar-refractivity contribution in [3.05, 3.63) is 12.7 Å². The molecule has 82 valence electrons. The van der Waals surface area contributed by atoms with Gasteiger partial charge in [0.25, 0.3) is 0 Å². The summed E-state index contributed by atoms with van der Waals surface area (Å²) in [5.41, 5.74) is -0.397. The third-order valence-corrected chi connectivity index (χ3v) is 2.05. The molecule has 0 aliphatic rings. The summed E-state index contributed by atoms with van der Waals surface area (Å²) < 4.78 is 5.07. The molecule has 0 saturated heterocycles. The van der Waals surface area contributed by atoms with Crippen molar-refractivity contribution < 1.29 is 14.6 Å². The number of hydrogen-bond donors (Lipinski definition) is 1.